The van der Waals surface area contributed by atoms with Crippen molar-refractivity contribution in [2.24, 2.45) is 5.92 Å². The zero-order valence-electron chi connectivity index (χ0n) is 10.2. The number of hydrogen-bond acceptors (Lipinski definition) is 2. The molecule has 1 aliphatic heterocycles. The summed E-state index contributed by atoms with van der Waals surface area (Å²) < 4.78 is 0. The predicted molar refractivity (Wildman–Crippen MR) is 65.2 cm³/mol. The standard InChI is InChI=1S/C13H24N2O/c16-11-14-10-12-6-8-15(9-7-12)13-4-2-1-3-5-13/h11-13H,1-10H2,(H,14,16). The minimum atomic E-state index is 0.713. The van der Waals surface area contributed by atoms with Crippen LogP contribution in [0.3, 0.4) is 0 Å². The number of rotatable bonds is 4. The molecule has 0 bridgehead atoms. The lowest BCUT2D eigenvalue weighted by molar-refractivity contribution is -0.109. The number of nitrogens with one attached hydrogen (secondary N) is 1. The molecule has 0 aromatic heterocycles. The molecule has 0 radical (unpaired) electrons. The summed E-state index contributed by atoms with van der Waals surface area (Å²) in [6.45, 7) is 3.37. The van der Waals surface area contributed by atoms with E-state index >= 15 is 0 Å². The lowest BCUT2D eigenvalue weighted by Crippen LogP contribution is -2.43. The number of carbonyl (C=O) groups excluding carboxylic acids is 1. The van der Waals surface area contributed by atoms with Crippen molar-refractivity contribution < 1.29 is 4.79 Å². The molecule has 0 spiro atoms. The van der Waals surface area contributed by atoms with Crippen molar-refractivity contribution >= 4 is 6.41 Å². The summed E-state index contributed by atoms with van der Waals surface area (Å²) >= 11 is 0. The molecular formula is C13H24N2O. The molecule has 0 aromatic rings. The average Bonchev–Trinajstić information content (AvgIpc) is 2.38. The van der Waals surface area contributed by atoms with Gasteiger partial charge in [-0.15, -0.1) is 0 Å². The van der Waals surface area contributed by atoms with Crippen molar-refractivity contribution in [1.82, 2.24) is 10.2 Å². The van der Waals surface area contributed by atoms with Crippen LogP contribution in [0.15, 0.2) is 0 Å². The Morgan fingerprint density at radius 2 is 1.75 bits per heavy atom. The van der Waals surface area contributed by atoms with Gasteiger partial charge in [-0.3, -0.25) is 4.79 Å². The van der Waals surface area contributed by atoms with Crippen molar-refractivity contribution in [1.29, 1.82) is 0 Å². The van der Waals surface area contributed by atoms with Gasteiger partial charge in [-0.2, -0.15) is 0 Å². The summed E-state index contributed by atoms with van der Waals surface area (Å²) in [6.07, 6.45) is 10.5. The van der Waals surface area contributed by atoms with Crippen LogP contribution in [-0.2, 0) is 4.79 Å². The number of amides is 1. The van der Waals surface area contributed by atoms with E-state index in [-0.39, 0.29) is 0 Å². The monoisotopic (exact) mass is 224 g/mol. The van der Waals surface area contributed by atoms with E-state index in [2.05, 4.69) is 10.2 Å². The Morgan fingerprint density at radius 1 is 1.06 bits per heavy atom. The summed E-state index contributed by atoms with van der Waals surface area (Å²) in [6, 6.07) is 0.869. The van der Waals surface area contributed by atoms with Gasteiger partial charge < -0.3 is 10.2 Å². The lowest BCUT2D eigenvalue weighted by atomic mass is 9.90. The SMILES string of the molecule is O=CNCC1CCN(C2CCCCC2)CC1. The molecule has 0 atom stereocenters. The molecule has 1 saturated heterocycles. The number of hydrogen-bond donors (Lipinski definition) is 1. The highest BCUT2D eigenvalue weighted by Gasteiger charge is 2.25. The minimum Gasteiger partial charge on any atom is -0.358 e. The quantitative estimate of drug-likeness (QED) is 0.738. The van der Waals surface area contributed by atoms with E-state index in [1.165, 1.54) is 58.0 Å². The van der Waals surface area contributed by atoms with Crippen molar-refractivity contribution in [3.63, 3.8) is 0 Å². The Labute approximate surface area is 98.6 Å². The van der Waals surface area contributed by atoms with Gasteiger partial charge in [-0.1, -0.05) is 19.3 Å². The Morgan fingerprint density at radius 3 is 2.38 bits per heavy atom. The predicted octanol–water partition coefficient (Wildman–Crippen LogP) is 1.78. The first-order valence-electron chi connectivity index (χ1n) is 6.81. The van der Waals surface area contributed by atoms with E-state index in [9.17, 15) is 4.79 Å². The van der Waals surface area contributed by atoms with E-state index in [4.69, 9.17) is 0 Å². The normalized spacial score (nSPS) is 25.5. The third-order valence-electron chi connectivity index (χ3n) is 4.23. The Hall–Kier alpha value is -0.570. The topological polar surface area (TPSA) is 32.3 Å². The first kappa shape index (κ1) is 11.9. The highest BCUT2D eigenvalue weighted by Crippen LogP contribution is 2.26. The van der Waals surface area contributed by atoms with Gasteiger partial charge in [0.1, 0.15) is 0 Å². The molecule has 92 valence electrons. The van der Waals surface area contributed by atoms with Gasteiger partial charge >= 0.3 is 0 Å². The molecule has 0 unspecified atom stereocenters. The molecule has 1 aliphatic carbocycles. The average molecular weight is 224 g/mol. The Kier molecular flexibility index (Phi) is 4.64. The van der Waals surface area contributed by atoms with Gasteiger partial charge in [0.2, 0.25) is 6.41 Å². The van der Waals surface area contributed by atoms with Crippen LogP contribution in [0, 0.1) is 5.92 Å². The Bertz CT molecular complexity index is 206. The second-order valence-corrected chi connectivity index (χ2v) is 5.30. The molecule has 2 aliphatic rings. The number of piperidine rings is 1. The molecule has 3 heteroatoms. The van der Waals surface area contributed by atoms with Crippen LogP contribution >= 0.6 is 0 Å². The van der Waals surface area contributed by atoms with Crippen LogP contribution in [0.5, 0.6) is 0 Å². The lowest BCUT2D eigenvalue weighted by Gasteiger charge is -2.39. The van der Waals surface area contributed by atoms with Crippen molar-refractivity contribution in [2.75, 3.05) is 19.6 Å². The third kappa shape index (κ3) is 3.21. The molecular weight excluding hydrogens is 200 g/mol. The molecule has 1 saturated carbocycles. The van der Waals surface area contributed by atoms with Crippen molar-refractivity contribution in [2.45, 2.75) is 51.0 Å². The van der Waals surface area contributed by atoms with Crippen molar-refractivity contribution in [3.8, 4) is 0 Å². The van der Waals surface area contributed by atoms with Crippen LogP contribution in [-0.4, -0.2) is 37.0 Å². The maximum atomic E-state index is 10.2. The molecule has 0 aromatic carbocycles. The molecule has 1 amide bonds. The second kappa shape index (κ2) is 6.24. The summed E-state index contributed by atoms with van der Waals surface area (Å²) in [5.74, 6) is 0.713. The van der Waals surface area contributed by atoms with Gasteiger partial charge in [0, 0.05) is 12.6 Å². The van der Waals surface area contributed by atoms with Gasteiger partial charge in [0.25, 0.3) is 0 Å². The minimum absolute atomic E-state index is 0.713. The van der Waals surface area contributed by atoms with E-state index in [0.717, 1.165) is 19.0 Å². The first-order chi connectivity index (χ1) is 7.90. The van der Waals surface area contributed by atoms with E-state index < -0.39 is 0 Å². The van der Waals surface area contributed by atoms with Crippen molar-refractivity contribution in [3.05, 3.63) is 0 Å². The highest BCUT2D eigenvalue weighted by molar-refractivity contribution is 5.45. The zero-order chi connectivity index (χ0) is 11.2. The fraction of sp³-hybridized carbons (Fsp3) is 0.923. The van der Waals surface area contributed by atoms with Gasteiger partial charge in [-0.25, -0.2) is 0 Å². The summed E-state index contributed by atoms with van der Waals surface area (Å²) in [5.41, 5.74) is 0. The maximum Gasteiger partial charge on any atom is 0.207 e. The number of carbonyl (C=O) groups is 1. The van der Waals surface area contributed by atoms with Gasteiger partial charge in [0.05, 0.1) is 0 Å². The molecule has 1 heterocycles. The molecule has 16 heavy (non-hydrogen) atoms. The highest BCUT2D eigenvalue weighted by atomic mass is 16.1. The van der Waals surface area contributed by atoms with Crippen LogP contribution in [0.4, 0.5) is 0 Å². The molecule has 3 nitrogen and oxygen atoms in total. The summed E-state index contributed by atoms with van der Waals surface area (Å²) in [7, 11) is 0. The van der Waals surface area contributed by atoms with Crippen LogP contribution in [0.1, 0.15) is 44.9 Å². The maximum absolute atomic E-state index is 10.2. The van der Waals surface area contributed by atoms with Crippen LogP contribution in [0.2, 0.25) is 0 Å². The summed E-state index contributed by atoms with van der Waals surface area (Å²) in [4.78, 5) is 12.9. The molecule has 1 N–H and O–H groups in total. The fourth-order valence-corrected chi connectivity index (χ4v) is 3.18. The smallest absolute Gasteiger partial charge is 0.207 e. The van der Waals surface area contributed by atoms with Gasteiger partial charge in [-0.05, 0) is 44.7 Å². The number of nitrogens with zero attached hydrogens (tertiary/aromatic N) is 1. The van der Waals surface area contributed by atoms with E-state index in [1.807, 2.05) is 0 Å². The third-order valence-corrected chi connectivity index (χ3v) is 4.23. The fourth-order valence-electron chi connectivity index (χ4n) is 3.18. The van der Waals surface area contributed by atoms with Gasteiger partial charge in [0.15, 0.2) is 0 Å². The van der Waals surface area contributed by atoms with E-state index in [1.54, 1.807) is 0 Å². The first-order valence-corrected chi connectivity index (χ1v) is 6.81. The zero-order valence-corrected chi connectivity index (χ0v) is 10.2. The molecule has 2 rings (SSSR count). The summed E-state index contributed by atoms with van der Waals surface area (Å²) in [5, 5.41) is 2.81. The van der Waals surface area contributed by atoms with E-state index in [0.29, 0.717) is 5.92 Å². The second-order valence-electron chi connectivity index (χ2n) is 5.30. The number of likely N-dealkylation sites (tertiary alicyclic amines) is 1. The Balaban J connectivity index is 1.69. The largest absolute Gasteiger partial charge is 0.358 e. The van der Waals surface area contributed by atoms with Crippen LogP contribution < -0.4 is 5.32 Å². The molecule has 2 fully saturated rings. The van der Waals surface area contributed by atoms with Crippen LogP contribution in [0.25, 0.3) is 0 Å².